The van der Waals surface area contributed by atoms with E-state index in [1.165, 1.54) is 0 Å². The standard InChI is InChI=1S/C14H17N3O2/c1-14(2,3)19-13(18)17-16-9-10-4-5-11-6-7-15-12(11)8-10/h4-9,15H,1-3H3,(H,17,18)/b16-9-. The quantitative estimate of drug-likeness (QED) is 0.643. The summed E-state index contributed by atoms with van der Waals surface area (Å²) in [7, 11) is 0. The summed E-state index contributed by atoms with van der Waals surface area (Å²) < 4.78 is 5.06. The van der Waals surface area contributed by atoms with Gasteiger partial charge >= 0.3 is 6.09 Å². The van der Waals surface area contributed by atoms with Gasteiger partial charge in [-0.25, -0.2) is 10.2 Å². The minimum atomic E-state index is -0.565. The Labute approximate surface area is 111 Å². The first-order chi connectivity index (χ1) is 8.94. The van der Waals surface area contributed by atoms with Crippen LogP contribution in [0.1, 0.15) is 26.3 Å². The smallest absolute Gasteiger partial charge is 0.428 e. The van der Waals surface area contributed by atoms with Gasteiger partial charge in [0.2, 0.25) is 0 Å². The second kappa shape index (κ2) is 5.14. The summed E-state index contributed by atoms with van der Waals surface area (Å²) >= 11 is 0. The molecule has 5 heteroatoms. The largest absolute Gasteiger partial charge is 0.443 e. The second-order valence-electron chi connectivity index (χ2n) is 5.20. The number of fused-ring (bicyclic) bond motifs is 1. The molecule has 0 atom stereocenters. The van der Waals surface area contributed by atoms with E-state index in [0.29, 0.717) is 0 Å². The predicted molar refractivity (Wildman–Crippen MR) is 75.3 cm³/mol. The lowest BCUT2D eigenvalue weighted by molar-refractivity contribution is 0.0529. The number of nitrogens with zero attached hydrogens (tertiary/aromatic N) is 1. The molecule has 1 heterocycles. The number of hydrogen-bond donors (Lipinski definition) is 2. The lowest BCUT2D eigenvalue weighted by atomic mass is 10.2. The summed E-state index contributed by atoms with van der Waals surface area (Å²) in [5.41, 5.74) is 3.73. The maximum atomic E-state index is 11.4. The number of rotatable bonds is 2. The number of nitrogens with one attached hydrogen (secondary N) is 2. The van der Waals surface area contributed by atoms with Gasteiger partial charge in [-0.2, -0.15) is 5.10 Å². The van der Waals surface area contributed by atoms with Crippen LogP contribution in [0, 0.1) is 0 Å². The van der Waals surface area contributed by atoms with Crippen molar-refractivity contribution in [2.45, 2.75) is 26.4 Å². The van der Waals surface area contributed by atoms with Gasteiger partial charge < -0.3 is 9.72 Å². The minimum Gasteiger partial charge on any atom is -0.443 e. The summed E-state index contributed by atoms with van der Waals surface area (Å²) in [6, 6.07) is 7.86. The Balaban J connectivity index is 1.96. The first-order valence-electron chi connectivity index (χ1n) is 6.03. The normalized spacial score (nSPS) is 11.9. The van der Waals surface area contributed by atoms with Gasteiger partial charge in [-0.05, 0) is 43.9 Å². The number of carbonyl (C=O) groups is 1. The van der Waals surface area contributed by atoms with E-state index < -0.39 is 11.7 Å². The maximum absolute atomic E-state index is 11.4. The molecule has 100 valence electrons. The Kier molecular flexibility index (Phi) is 3.55. The number of ether oxygens (including phenoxy) is 1. The van der Waals surface area contributed by atoms with Crippen molar-refractivity contribution in [1.29, 1.82) is 0 Å². The third kappa shape index (κ3) is 3.84. The fourth-order valence-electron chi connectivity index (χ4n) is 1.61. The average Bonchev–Trinajstić information content (AvgIpc) is 2.73. The van der Waals surface area contributed by atoms with Crippen LogP contribution in [0.25, 0.3) is 10.9 Å². The Bertz CT molecular complexity index is 608. The molecule has 1 aromatic carbocycles. The van der Waals surface area contributed by atoms with Crippen LogP contribution in [-0.2, 0) is 4.74 Å². The van der Waals surface area contributed by atoms with Crippen LogP contribution in [0.3, 0.4) is 0 Å². The van der Waals surface area contributed by atoms with E-state index in [1.807, 2.05) is 30.5 Å². The molecule has 0 aliphatic carbocycles. The van der Waals surface area contributed by atoms with Gasteiger partial charge in [0, 0.05) is 11.7 Å². The molecule has 19 heavy (non-hydrogen) atoms. The molecule has 2 aromatic rings. The summed E-state index contributed by atoms with van der Waals surface area (Å²) in [5, 5.41) is 4.99. The Morgan fingerprint density at radius 3 is 2.89 bits per heavy atom. The van der Waals surface area contributed by atoms with Crippen LogP contribution in [0.2, 0.25) is 0 Å². The summed E-state index contributed by atoms with van der Waals surface area (Å²) in [6.45, 7) is 5.40. The Hall–Kier alpha value is -2.30. The van der Waals surface area contributed by atoms with Crippen LogP contribution in [-0.4, -0.2) is 22.9 Å². The fraction of sp³-hybridized carbons (Fsp3) is 0.286. The molecular formula is C14H17N3O2. The lowest BCUT2D eigenvalue weighted by Crippen LogP contribution is -2.29. The van der Waals surface area contributed by atoms with E-state index in [0.717, 1.165) is 16.5 Å². The van der Waals surface area contributed by atoms with Gasteiger partial charge in [-0.15, -0.1) is 0 Å². The van der Waals surface area contributed by atoms with Crippen molar-refractivity contribution in [3.05, 3.63) is 36.0 Å². The molecule has 0 spiro atoms. The van der Waals surface area contributed by atoms with Crippen LogP contribution in [0.15, 0.2) is 35.6 Å². The molecular weight excluding hydrogens is 242 g/mol. The SMILES string of the molecule is CC(C)(C)OC(=O)N/N=C\c1ccc2cc[nH]c2c1. The molecule has 0 unspecified atom stereocenters. The highest BCUT2D eigenvalue weighted by Gasteiger charge is 2.15. The van der Waals surface area contributed by atoms with Crippen molar-refractivity contribution in [2.24, 2.45) is 5.10 Å². The third-order valence-corrected chi connectivity index (χ3v) is 2.35. The van der Waals surface area contributed by atoms with E-state index in [4.69, 9.17) is 4.74 Å². The van der Waals surface area contributed by atoms with Crippen LogP contribution >= 0.6 is 0 Å². The van der Waals surface area contributed by atoms with Gasteiger partial charge in [-0.1, -0.05) is 12.1 Å². The van der Waals surface area contributed by atoms with E-state index >= 15 is 0 Å². The van der Waals surface area contributed by atoms with E-state index in [-0.39, 0.29) is 0 Å². The summed E-state index contributed by atoms with van der Waals surface area (Å²) in [4.78, 5) is 14.5. The summed E-state index contributed by atoms with van der Waals surface area (Å²) in [6.07, 6.45) is 2.89. The number of hydrogen-bond acceptors (Lipinski definition) is 3. The van der Waals surface area contributed by atoms with Crippen molar-refractivity contribution in [3.8, 4) is 0 Å². The topological polar surface area (TPSA) is 66.5 Å². The third-order valence-electron chi connectivity index (χ3n) is 2.35. The van der Waals surface area contributed by atoms with Gasteiger partial charge in [0.15, 0.2) is 0 Å². The zero-order valence-electron chi connectivity index (χ0n) is 11.2. The first-order valence-corrected chi connectivity index (χ1v) is 6.03. The number of H-pyrrole nitrogens is 1. The number of hydrazone groups is 1. The molecule has 1 amide bonds. The van der Waals surface area contributed by atoms with E-state index in [9.17, 15) is 4.79 Å². The highest BCUT2D eigenvalue weighted by atomic mass is 16.6. The number of benzene rings is 1. The van der Waals surface area contributed by atoms with E-state index in [2.05, 4.69) is 15.5 Å². The zero-order chi connectivity index (χ0) is 13.9. The fourth-order valence-corrected chi connectivity index (χ4v) is 1.61. The lowest BCUT2D eigenvalue weighted by Gasteiger charge is -2.18. The van der Waals surface area contributed by atoms with E-state index in [1.54, 1.807) is 27.0 Å². The molecule has 5 nitrogen and oxygen atoms in total. The van der Waals surface area contributed by atoms with Crippen molar-refractivity contribution < 1.29 is 9.53 Å². The molecule has 2 rings (SSSR count). The number of amides is 1. The Morgan fingerprint density at radius 2 is 2.16 bits per heavy atom. The Morgan fingerprint density at radius 1 is 1.37 bits per heavy atom. The van der Waals surface area contributed by atoms with Crippen LogP contribution < -0.4 is 5.43 Å². The average molecular weight is 259 g/mol. The molecule has 0 radical (unpaired) electrons. The minimum absolute atomic E-state index is 0.525. The van der Waals surface area contributed by atoms with Crippen LogP contribution in [0.4, 0.5) is 4.79 Å². The number of carbonyl (C=O) groups excluding carboxylic acids is 1. The molecule has 0 bridgehead atoms. The van der Waals surface area contributed by atoms with Crippen LogP contribution in [0.5, 0.6) is 0 Å². The predicted octanol–water partition coefficient (Wildman–Crippen LogP) is 3.03. The van der Waals surface area contributed by atoms with Crippen molar-refractivity contribution in [3.63, 3.8) is 0 Å². The van der Waals surface area contributed by atoms with Crippen molar-refractivity contribution >= 4 is 23.2 Å². The molecule has 0 saturated heterocycles. The van der Waals surface area contributed by atoms with Gasteiger partial charge in [0.1, 0.15) is 5.60 Å². The molecule has 0 aliphatic rings. The van der Waals surface area contributed by atoms with Gasteiger partial charge in [0.25, 0.3) is 0 Å². The zero-order valence-corrected chi connectivity index (χ0v) is 11.2. The highest BCUT2D eigenvalue weighted by molar-refractivity contribution is 5.89. The molecule has 1 aromatic heterocycles. The second-order valence-corrected chi connectivity index (χ2v) is 5.20. The maximum Gasteiger partial charge on any atom is 0.428 e. The van der Waals surface area contributed by atoms with Gasteiger partial charge in [0.05, 0.1) is 6.21 Å². The monoisotopic (exact) mass is 259 g/mol. The van der Waals surface area contributed by atoms with Crippen molar-refractivity contribution in [1.82, 2.24) is 10.4 Å². The molecule has 2 N–H and O–H groups in total. The molecule has 0 fully saturated rings. The first kappa shape index (κ1) is 13.1. The molecule has 0 saturated carbocycles. The summed E-state index contributed by atoms with van der Waals surface area (Å²) in [5.74, 6) is 0. The highest BCUT2D eigenvalue weighted by Crippen LogP contribution is 2.12. The van der Waals surface area contributed by atoms with Crippen molar-refractivity contribution in [2.75, 3.05) is 0 Å². The number of aromatic amines is 1. The number of aromatic nitrogens is 1. The molecule has 0 aliphatic heterocycles. The van der Waals surface area contributed by atoms with Gasteiger partial charge in [-0.3, -0.25) is 0 Å².